The SMILES string of the molecule is O=C(Nc1nc(C(=O)O)c(S(=O)(=O)n2cnnn2)s1)Nc1ccc(C(F)(F)F)cc1C(=O)C1CCCC1. The average Bonchev–Trinajstić information content (AvgIpc) is 3.60. The van der Waals surface area contributed by atoms with Crippen molar-refractivity contribution in [3.05, 3.63) is 41.3 Å². The molecule has 3 N–H and O–H groups in total. The Morgan fingerprint density at radius 3 is 2.43 bits per heavy atom. The molecule has 2 aromatic heterocycles. The number of rotatable bonds is 7. The molecule has 2 amide bonds. The van der Waals surface area contributed by atoms with Crippen LogP contribution in [0, 0.1) is 5.92 Å². The second-order valence-electron chi connectivity index (χ2n) is 7.83. The molecule has 3 aromatic rings. The molecular formula is C19H16F3N7O6S2. The van der Waals surface area contributed by atoms with E-state index >= 15 is 0 Å². The molecule has 2 heterocycles. The van der Waals surface area contributed by atoms with Crippen LogP contribution in [0.25, 0.3) is 0 Å². The summed E-state index contributed by atoms with van der Waals surface area (Å²) >= 11 is 0.285. The number of Topliss-reactive ketones (excluding diaryl/α,β-unsaturated/α-hetero) is 1. The number of hydrogen-bond acceptors (Lipinski definition) is 10. The summed E-state index contributed by atoms with van der Waals surface area (Å²) in [6.45, 7) is 0. The van der Waals surface area contributed by atoms with Crippen molar-refractivity contribution in [3.8, 4) is 0 Å². The fourth-order valence-corrected chi connectivity index (χ4v) is 6.12. The molecule has 0 atom stereocenters. The average molecular weight is 560 g/mol. The minimum Gasteiger partial charge on any atom is -0.476 e. The molecule has 0 unspecified atom stereocenters. The number of ketones is 1. The smallest absolute Gasteiger partial charge is 0.416 e. The number of alkyl halides is 3. The van der Waals surface area contributed by atoms with Crippen LogP contribution in [0.2, 0.25) is 0 Å². The number of carboxylic acids is 1. The van der Waals surface area contributed by atoms with E-state index in [2.05, 4.69) is 31.1 Å². The second kappa shape index (κ2) is 9.85. The number of carbonyl (C=O) groups excluding carboxylic acids is 2. The summed E-state index contributed by atoms with van der Waals surface area (Å²) in [6.07, 6.45) is -1.48. The maximum absolute atomic E-state index is 13.3. The second-order valence-corrected chi connectivity index (χ2v) is 10.8. The van der Waals surface area contributed by atoms with Gasteiger partial charge in [0.05, 0.1) is 11.3 Å². The highest BCUT2D eigenvalue weighted by Gasteiger charge is 2.34. The molecular weight excluding hydrogens is 543 g/mol. The van der Waals surface area contributed by atoms with Crippen molar-refractivity contribution in [1.29, 1.82) is 0 Å². The third-order valence-electron chi connectivity index (χ3n) is 5.42. The number of halogens is 3. The Morgan fingerprint density at radius 1 is 1.14 bits per heavy atom. The van der Waals surface area contributed by atoms with Crippen LogP contribution in [-0.4, -0.2) is 55.9 Å². The number of thiazole rings is 1. The van der Waals surface area contributed by atoms with Crippen molar-refractivity contribution < 1.29 is 41.1 Å². The summed E-state index contributed by atoms with van der Waals surface area (Å²) in [5.41, 5.74) is -2.52. The summed E-state index contributed by atoms with van der Waals surface area (Å²) in [5, 5.41) is 22.9. The molecule has 37 heavy (non-hydrogen) atoms. The Labute approximate surface area is 209 Å². The van der Waals surface area contributed by atoms with Crippen LogP contribution >= 0.6 is 11.3 Å². The molecule has 0 bridgehead atoms. The van der Waals surface area contributed by atoms with Gasteiger partial charge >= 0.3 is 18.2 Å². The molecule has 1 saturated carbocycles. The lowest BCUT2D eigenvalue weighted by atomic mass is 9.93. The van der Waals surface area contributed by atoms with E-state index < -0.39 is 60.5 Å². The van der Waals surface area contributed by atoms with Crippen LogP contribution in [-0.2, 0) is 16.2 Å². The van der Waals surface area contributed by atoms with E-state index in [1.54, 1.807) is 0 Å². The standard InChI is InChI=1S/C19H16F3N7O6S2/c20-19(21,22)10-5-6-12(11(7-10)14(30)9-3-1-2-4-9)24-17(33)26-18-25-13(15(31)32)16(36-18)37(34,35)29-8-23-27-28-29/h5-9H,1-4H2,(H,31,32)(H2,24,25,26,33). The summed E-state index contributed by atoms with van der Waals surface area (Å²) in [4.78, 5) is 40.7. The third kappa shape index (κ3) is 5.43. The molecule has 0 radical (unpaired) electrons. The van der Waals surface area contributed by atoms with Crippen LogP contribution in [0.15, 0.2) is 28.7 Å². The number of aromatic carboxylic acids is 1. The lowest BCUT2D eigenvalue weighted by Gasteiger charge is -2.16. The van der Waals surface area contributed by atoms with Crippen molar-refractivity contribution in [2.24, 2.45) is 5.92 Å². The summed E-state index contributed by atoms with van der Waals surface area (Å²) in [7, 11) is -4.56. The zero-order chi connectivity index (χ0) is 27.0. The highest BCUT2D eigenvalue weighted by Crippen LogP contribution is 2.36. The van der Waals surface area contributed by atoms with Gasteiger partial charge in [-0.3, -0.25) is 10.1 Å². The minimum absolute atomic E-state index is 0.209. The summed E-state index contributed by atoms with van der Waals surface area (Å²) < 4.78 is 64.6. The van der Waals surface area contributed by atoms with Crippen LogP contribution in [0.3, 0.4) is 0 Å². The molecule has 1 aromatic carbocycles. The largest absolute Gasteiger partial charge is 0.476 e. The van der Waals surface area contributed by atoms with Crippen molar-refractivity contribution >= 4 is 50.0 Å². The maximum atomic E-state index is 13.3. The Balaban J connectivity index is 1.61. The first-order valence-corrected chi connectivity index (χ1v) is 12.7. The van der Waals surface area contributed by atoms with Crippen LogP contribution in [0.1, 0.15) is 52.1 Å². The molecule has 1 aliphatic carbocycles. The topological polar surface area (TPSA) is 186 Å². The molecule has 18 heteroatoms. The van der Waals surface area contributed by atoms with Gasteiger partial charge in [-0.05, 0) is 41.5 Å². The predicted octanol–water partition coefficient (Wildman–Crippen LogP) is 3.10. The van der Waals surface area contributed by atoms with E-state index in [0.717, 1.165) is 18.9 Å². The molecule has 196 valence electrons. The van der Waals surface area contributed by atoms with E-state index in [-0.39, 0.29) is 22.6 Å². The monoisotopic (exact) mass is 559 g/mol. The van der Waals surface area contributed by atoms with Crippen molar-refractivity contribution in [3.63, 3.8) is 0 Å². The zero-order valence-electron chi connectivity index (χ0n) is 18.4. The van der Waals surface area contributed by atoms with E-state index in [1.807, 2.05) is 0 Å². The lowest BCUT2D eigenvalue weighted by molar-refractivity contribution is -0.137. The molecule has 13 nitrogen and oxygen atoms in total. The van der Waals surface area contributed by atoms with Gasteiger partial charge in [0.15, 0.2) is 27.1 Å². The Morgan fingerprint density at radius 2 is 1.84 bits per heavy atom. The van der Waals surface area contributed by atoms with Gasteiger partial charge < -0.3 is 10.4 Å². The predicted molar refractivity (Wildman–Crippen MR) is 120 cm³/mol. The number of carboxylic acid groups (broad SMARTS) is 1. The number of nitrogens with zero attached hydrogens (tertiary/aromatic N) is 5. The Kier molecular flexibility index (Phi) is 6.96. The van der Waals surface area contributed by atoms with Gasteiger partial charge in [-0.2, -0.15) is 21.6 Å². The highest BCUT2D eigenvalue weighted by atomic mass is 32.2. The van der Waals surface area contributed by atoms with Crippen molar-refractivity contribution in [2.75, 3.05) is 10.6 Å². The highest BCUT2D eigenvalue weighted by molar-refractivity contribution is 7.92. The first-order valence-electron chi connectivity index (χ1n) is 10.4. The van der Waals surface area contributed by atoms with Gasteiger partial charge in [0.25, 0.3) is 10.0 Å². The van der Waals surface area contributed by atoms with Gasteiger partial charge in [0.2, 0.25) is 0 Å². The number of aromatic nitrogens is 5. The van der Waals surface area contributed by atoms with Crippen LogP contribution in [0.4, 0.5) is 28.8 Å². The first kappa shape index (κ1) is 26.1. The van der Waals surface area contributed by atoms with Crippen LogP contribution in [0.5, 0.6) is 0 Å². The summed E-state index contributed by atoms with van der Waals surface area (Å²) in [5.74, 6) is -2.75. The van der Waals surface area contributed by atoms with Crippen LogP contribution < -0.4 is 10.6 Å². The fraction of sp³-hybridized carbons (Fsp3) is 0.316. The molecule has 0 saturated heterocycles. The molecule has 0 spiro atoms. The number of anilines is 2. The number of nitrogens with one attached hydrogen (secondary N) is 2. The van der Waals surface area contributed by atoms with E-state index in [4.69, 9.17) is 0 Å². The van der Waals surface area contributed by atoms with Gasteiger partial charge in [0, 0.05) is 11.5 Å². The zero-order valence-corrected chi connectivity index (χ0v) is 20.0. The quantitative estimate of drug-likeness (QED) is 0.363. The van der Waals surface area contributed by atoms with E-state index in [1.165, 1.54) is 0 Å². The van der Waals surface area contributed by atoms with E-state index in [9.17, 15) is 41.1 Å². The van der Waals surface area contributed by atoms with E-state index in [0.29, 0.717) is 35.4 Å². The number of benzene rings is 1. The fourth-order valence-electron chi connectivity index (χ4n) is 3.71. The normalized spacial score (nSPS) is 14.5. The third-order valence-corrected chi connectivity index (χ3v) is 8.39. The molecule has 1 aliphatic rings. The maximum Gasteiger partial charge on any atom is 0.416 e. The van der Waals surface area contributed by atoms with Gasteiger partial charge in [-0.15, -0.1) is 9.19 Å². The number of urea groups is 1. The van der Waals surface area contributed by atoms with Crippen molar-refractivity contribution in [2.45, 2.75) is 36.1 Å². The number of amides is 2. The molecule has 0 aliphatic heterocycles. The van der Waals surface area contributed by atoms with Gasteiger partial charge in [-0.1, -0.05) is 24.2 Å². The lowest BCUT2D eigenvalue weighted by Crippen LogP contribution is -2.23. The number of tetrazole rings is 1. The molecule has 4 rings (SSSR count). The number of carbonyl (C=O) groups is 3. The summed E-state index contributed by atoms with van der Waals surface area (Å²) in [6, 6.07) is 1.20. The minimum atomic E-state index is -4.72. The van der Waals surface area contributed by atoms with Crippen molar-refractivity contribution in [1.82, 2.24) is 24.6 Å². The molecule has 1 fully saturated rings. The number of hydrogen-bond donors (Lipinski definition) is 3. The van der Waals surface area contributed by atoms with Gasteiger partial charge in [0.1, 0.15) is 0 Å². The Bertz CT molecular complexity index is 1470. The first-order chi connectivity index (χ1) is 17.4. The van der Waals surface area contributed by atoms with Gasteiger partial charge in [-0.25, -0.2) is 14.6 Å². The Hall–Kier alpha value is -3.93.